The van der Waals surface area contributed by atoms with Crippen LogP contribution in [0.15, 0.2) is 24.3 Å². The summed E-state index contributed by atoms with van der Waals surface area (Å²) >= 11 is 0. The molecule has 82 valence electrons. The summed E-state index contributed by atoms with van der Waals surface area (Å²) in [4.78, 5) is 11.4. The molecule has 0 heterocycles. The predicted octanol–water partition coefficient (Wildman–Crippen LogP) is 2.63. The minimum absolute atomic E-state index is 0.241. The Hall–Kier alpha value is -1.55. The number of hydroxylamine groups is 2. The second-order valence-electron chi connectivity index (χ2n) is 3.74. The predicted molar refractivity (Wildman–Crippen MR) is 59.0 cm³/mol. The highest BCUT2D eigenvalue weighted by molar-refractivity contribution is 5.88. The molecule has 4 nitrogen and oxygen atoms in total. The van der Waals surface area contributed by atoms with E-state index < -0.39 is 6.03 Å². The lowest BCUT2D eigenvalue weighted by Gasteiger charge is -2.19. The third-order valence-corrected chi connectivity index (χ3v) is 1.97. The van der Waals surface area contributed by atoms with E-state index in [1.165, 1.54) is 0 Å². The Kier molecular flexibility index (Phi) is 3.68. The summed E-state index contributed by atoms with van der Waals surface area (Å²) < 4.78 is 0. The van der Waals surface area contributed by atoms with E-state index >= 15 is 0 Å². The summed E-state index contributed by atoms with van der Waals surface area (Å²) in [5, 5.41) is 12.6. The number of nitrogens with zero attached hydrogens (tertiary/aromatic N) is 1. The molecule has 1 aromatic carbocycles. The Morgan fingerprint density at radius 1 is 1.47 bits per heavy atom. The van der Waals surface area contributed by atoms with Gasteiger partial charge in [-0.15, -0.1) is 0 Å². The van der Waals surface area contributed by atoms with Gasteiger partial charge >= 0.3 is 6.03 Å². The molecule has 0 unspecified atom stereocenters. The van der Waals surface area contributed by atoms with Gasteiger partial charge in [0.1, 0.15) is 0 Å². The fourth-order valence-electron chi connectivity index (χ4n) is 1.14. The van der Waals surface area contributed by atoms with Crippen molar-refractivity contribution in [2.75, 3.05) is 5.32 Å². The molecule has 0 aliphatic carbocycles. The highest BCUT2D eigenvalue weighted by Gasteiger charge is 2.13. The van der Waals surface area contributed by atoms with Crippen LogP contribution in [0.4, 0.5) is 10.5 Å². The Morgan fingerprint density at radius 2 is 2.13 bits per heavy atom. The molecule has 0 radical (unpaired) electrons. The zero-order valence-electron chi connectivity index (χ0n) is 9.19. The van der Waals surface area contributed by atoms with E-state index in [4.69, 9.17) is 0 Å². The molecule has 2 amide bonds. The topological polar surface area (TPSA) is 52.6 Å². The van der Waals surface area contributed by atoms with Gasteiger partial charge in [0.05, 0.1) is 6.04 Å². The van der Waals surface area contributed by atoms with E-state index in [0.29, 0.717) is 10.8 Å². The van der Waals surface area contributed by atoms with Crippen LogP contribution in [0, 0.1) is 6.92 Å². The summed E-state index contributed by atoms with van der Waals surface area (Å²) in [6.45, 7) is 5.40. The number of nitrogens with one attached hydrogen (secondary N) is 1. The Balaban J connectivity index is 2.66. The quantitative estimate of drug-likeness (QED) is 0.580. The number of benzene rings is 1. The zero-order valence-corrected chi connectivity index (χ0v) is 9.19. The van der Waals surface area contributed by atoms with Crippen LogP contribution in [0.2, 0.25) is 0 Å². The van der Waals surface area contributed by atoms with Crippen LogP contribution in [-0.2, 0) is 0 Å². The number of aryl methyl sites for hydroxylation is 1. The molecule has 0 saturated carbocycles. The molecule has 0 aliphatic rings. The van der Waals surface area contributed by atoms with Gasteiger partial charge in [0, 0.05) is 5.69 Å². The van der Waals surface area contributed by atoms with E-state index in [9.17, 15) is 10.0 Å². The van der Waals surface area contributed by atoms with Crippen LogP contribution >= 0.6 is 0 Å². The van der Waals surface area contributed by atoms with E-state index in [0.717, 1.165) is 5.56 Å². The normalized spacial score (nSPS) is 10.2. The molecule has 4 heteroatoms. The highest BCUT2D eigenvalue weighted by Crippen LogP contribution is 2.10. The lowest BCUT2D eigenvalue weighted by Crippen LogP contribution is -2.37. The maximum absolute atomic E-state index is 11.4. The molecule has 0 aliphatic heterocycles. The van der Waals surface area contributed by atoms with E-state index in [1.54, 1.807) is 19.9 Å². The molecule has 1 rings (SSSR count). The van der Waals surface area contributed by atoms with Crippen LogP contribution in [0.25, 0.3) is 0 Å². The van der Waals surface area contributed by atoms with Crippen LogP contribution in [-0.4, -0.2) is 22.3 Å². The fraction of sp³-hybridized carbons (Fsp3) is 0.364. The minimum Gasteiger partial charge on any atom is -0.306 e. The first-order valence-electron chi connectivity index (χ1n) is 4.86. The lowest BCUT2D eigenvalue weighted by atomic mass is 10.2. The van der Waals surface area contributed by atoms with E-state index in [-0.39, 0.29) is 6.04 Å². The second kappa shape index (κ2) is 4.79. The van der Waals surface area contributed by atoms with Gasteiger partial charge < -0.3 is 5.32 Å². The molecule has 0 spiro atoms. The number of anilines is 1. The van der Waals surface area contributed by atoms with E-state index in [2.05, 4.69) is 5.32 Å². The third kappa shape index (κ3) is 3.25. The molecule has 0 fully saturated rings. The summed E-state index contributed by atoms with van der Waals surface area (Å²) in [6.07, 6.45) is 0. The molecule has 0 saturated heterocycles. The molecule has 1 aromatic rings. The zero-order chi connectivity index (χ0) is 11.4. The summed E-state index contributed by atoms with van der Waals surface area (Å²) in [6, 6.07) is 6.65. The van der Waals surface area contributed by atoms with Crippen LogP contribution < -0.4 is 5.32 Å². The number of carbonyl (C=O) groups is 1. The first-order chi connectivity index (χ1) is 7.00. The number of hydrogen-bond acceptors (Lipinski definition) is 2. The van der Waals surface area contributed by atoms with Gasteiger partial charge in [0.25, 0.3) is 0 Å². The Labute approximate surface area is 89.5 Å². The molecule has 2 N–H and O–H groups in total. The molecule has 15 heavy (non-hydrogen) atoms. The van der Waals surface area contributed by atoms with Crippen molar-refractivity contribution in [2.45, 2.75) is 26.8 Å². The number of rotatable bonds is 2. The van der Waals surface area contributed by atoms with Crippen molar-refractivity contribution >= 4 is 11.7 Å². The number of amides is 2. The van der Waals surface area contributed by atoms with Crippen LogP contribution in [0.1, 0.15) is 19.4 Å². The standard InChI is InChI=1S/C11H16N2O2/c1-8(2)13(15)11(14)12-10-6-4-5-9(3)7-10/h4-8,15H,1-3H3,(H,12,14). The Bertz CT molecular complexity index is 350. The first-order valence-corrected chi connectivity index (χ1v) is 4.86. The van der Waals surface area contributed by atoms with Gasteiger partial charge in [0.15, 0.2) is 0 Å². The van der Waals surface area contributed by atoms with Crippen LogP contribution in [0.3, 0.4) is 0 Å². The summed E-state index contributed by atoms with van der Waals surface area (Å²) in [7, 11) is 0. The van der Waals surface area contributed by atoms with Crippen molar-refractivity contribution in [2.24, 2.45) is 0 Å². The van der Waals surface area contributed by atoms with Gasteiger partial charge in [-0.2, -0.15) is 0 Å². The monoisotopic (exact) mass is 208 g/mol. The van der Waals surface area contributed by atoms with Crippen molar-refractivity contribution in [3.63, 3.8) is 0 Å². The smallest absolute Gasteiger partial charge is 0.306 e. The summed E-state index contributed by atoms with van der Waals surface area (Å²) in [5.41, 5.74) is 1.74. The Morgan fingerprint density at radius 3 is 2.67 bits per heavy atom. The lowest BCUT2D eigenvalue weighted by molar-refractivity contribution is -0.0622. The molecular weight excluding hydrogens is 192 g/mol. The van der Waals surface area contributed by atoms with E-state index in [1.807, 2.05) is 25.1 Å². The van der Waals surface area contributed by atoms with Crippen molar-refractivity contribution in [1.82, 2.24) is 5.06 Å². The number of hydrogen-bond donors (Lipinski definition) is 2. The maximum Gasteiger partial charge on any atom is 0.345 e. The third-order valence-electron chi connectivity index (χ3n) is 1.97. The van der Waals surface area contributed by atoms with Gasteiger partial charge in [-0.25, -0.2) is 9.86 Å². The molecule has 0 aromatic heterocycles. The average Bonchev–Trinajstić information content (AvgIpc) is 2.16. The number of carbonyl (C=O) groups excluding carboxylic acids is 1. The second-order valence-corrected chi connectivity index (χ2v) is 3.74. The van der Waals surface area contributed by atoms with Crippen molar-refractivity contribution in [3.8, 4) is 0 Å². The van der Waals surface area contributed by atoms with Crippen LogP contribution in [0.5, 0.6) is 0 Å². The van der Waals surface area contributed by atoms with Crippen molar-refractivity contribution < 1.29 is 10.0 Å². The SMILES string of the molecule is Cc1cccc(NC(=O)N(O)C(C)C)c1. The highest BCUT2D eigenvalue weighted by atomic mass is 16.5. The van der Waals surface area contributed by atoms with Crippen molar-refractivity contribution in [1.29, 1.82) is 0 Å². The number of urea groups is 1. The minimum atomic E-state index is -0.518. The van der Waals surface area contributed by atoms with Gasteiger partial charge in [-0.1, -0.05) is 12.1 Å². The average molecular weight is 208 g/mol. The maximum atomic E-state index is 11.4. The van der Waals surface area contributed by atoms with Gasteiger partial charge in [-0.05, 0) is 38.5 Å². The van der Waals surface area contributed by atoms with Gasteiger partial charge in [-0.3, -0.25) is 5.21 Å². The largest absolute Gasteiger partial charge is 0.345 e. The summed E-state index contributed by atoms with van der Waals surface area (Å²) in [5.74, 6) is 0. The molecular formula is C11H16N2O2. The molecule has 0 bridgehead atoms. The van der Waals surface area contributed by atoms with Crippen molar-refractivity contribution in [3.05, 3.63) is 29.8 Å². The fourth-order valence-corrected chi connectivity index (χ4v) is 1.14. The first kappa shape index (κ1) is 11.5. The molecule has 0 atom stereocenters. The van der Waals surface area contributed by atoms with Gasteiger partial charge in [0.2, 0.25) is 0 Å².